The van der Waals surface area contributed by atoms with Gasteiger partial charge in [0, 0.05) is 45.5 Å². The number of fused-ring (bicyclic) bond motifs is 1. The van der Waals surface area contributed by atoms with Crippen LogP contribution in [0.15, 0.2) is 18.2 Å². The van der Waals surface area contributed by atoms with E-state index in [1.807, 2.05) is 0 Å². The van der Waals surface area contributed by atoms with Gasteiger partial charge in [-0.1, -0.05) is 6.07 Å². The molecule has 3 rings (SSSR count). The molecule has 14 heteroatoms. The van der Waals surface area contributed by atoms with E-state index >= 15 is 0 Å². The number of likely N-dealkylation sites (tertiary alicyclic amines) is 2. The van der Waals surface area contributed by atoms with Crippen molar-refractivity contribution in [3.63, 3.8) is 0 Å². The summed E-state index contributed by atoms with van der Waals surface area (Å²) in [6.45, 7) is 9.97. The summed E-state index contributed by atoms with van der Waals surface area (Å²) in [4.78, 5) is 27.6. The van der Waals surface area contributed by atoms with E-state index in [1.165, 1.54) is 38.3 Å². The van der Waals surface area contributed by atoms with Gasteiger partial charge in [0.2, 0.25) is 0 Å². The molecule has 2 fully saturated rings. The molecule has 0 saturated carbocycles. The predicted molar refractivity (Wildman–Crippen MR) is 112 cm³/mol. The maximum Gasteiger partial charge on any atom is 0.490 e. The van der Waals surface area contributed by atoms with Crippen LogP contribution in [0.5, 0.6) is 0 Å². The second kappa shape index (κ2) is 13.6. The number of piperidine rings is 1. The number of halogens is 6. The number of rotatable bonds is 5. The molecule has 1 aromatic heterocycles. The first-order valence-electron chi connectivity index (χ1n) is 10.6. The van der Waals surface area contributed by atoms with E-state index in [0.717, 1.165) is 37.2 Å². The minimum absolute atomic E-state index is 0.834. The highest BCUT2D eigenvalue weighted by atomic mass is 19.4. The number of hydrogen-bond donors (Lipinski definition) is 2. The number of carboxylic acid groups (broad SMARTS) is 2. The molecule has 0 aliphatic carbocycles. The zero-order valence-electron chi connectivity index (χ0n) is 19.3. The van der Waals surface area contributed by atoms with Gasteiger partial charge in [-0.2, -0.15) is 26.3 Å². The standard InChI is InChI=1S/C17H27N3O.2C2HF3O2/c1-14-4-3-5-17(18-14)13-20-10-15-6-7-19(8-9-21-2)11-16(15)12-20;2*3-2(4,5)1(6)7/h3-5,15-16H,6-13H2,1-2H3;2*(H,6,7)/t15-,16+;;/m1../s1. The fourth-order valence-electron chi connectivity index (χ4n) is 3.81. The first-order valence-corrected chi connectivity index (χ1v) is 10.6. The lowest BCUT2D eigenvalue weighted by Gasteiger charge is -2.34. The molecule has 0 spiro atoms. The SMILES string of the molecule is COCCN1CC[C@@H]2CN(Cc3cccc(C)n3)C[C@@H]2C1.O=C(O)C(F)(F)F.O=C(O)C(F)(F)F. The summed E-state index contributed by atoms with van der Waals surface area (Å²) in [5.41, 5.74) is 2.33. The molecule has 0 radical (unpaired) electrons. The Hall–Kier alpha value is -2.45. The van der Waals surface area contributed by atoms with Gasteiger partial charge in [0.1, 0.15) is 0 Å². The Kier molecular flexibility index (Phi) is 11.9. The molecule has 2 atom stereocenters. The third-order valence-electron chi connectivity index (χ3n) is 5.39. The molecule has 3 heterocycles. The van der Waals surface area contributed by atoms with Crippen LogP contribution >= 0.6 is 0 Å². The van der Waals surface area contributed by atoms with E-state index in [0.29, 0.717) is 0 Å². The van der Waals surface area contributed by atoms with Gasteiger partial charge in [0.25, 0.3) is 0 Å². The summed E-state index contributed by atoms with van der Waals surface area (Å²) in [5, 5.41) is 14.2. The number of pyridine rings is 1. The van der Waals surface area contributed by atoms with E-state index in [2.05, 4.69) is 39.9 Å². The molecular formula is C21H29F6N3O5. The largest absolute Gasteiger partial charge is 0.490 e. The lowest BCUT2D eigenvalue weighted by molar-refractivity contribution is -0.193. The maximum atomic E-state index is 10.6. The number of aryl methyl sites for hydroxylation is 1. The summed E-state index contributed by atoms with van der Waals surface area (Å²) in [5.74, 6) is -3.80. The summed E-state index contributed by atoms with van der Waals surface area (Å²) < 4.78 is 68.7. The topological polar surface area (TPSA) is 103 Å². The minimum Gasteiger partial charge on any atom is -0.475 e. The van der Waals surface area contributed by atoms with Crippen LogP contribution in [0.3, 0.4) is 0 Å². The van der Waals surface area contributed by atoms with E-state index in [-0.39, 0.29) is 0 Å². The number of hydrogen-bond acceptors (Lipinski definition) is 6. The number of ether oxygens (including phenoxy) is 1. The number of methoxy groups -OCH3 is 1. The molecule has 2 N–H and O–H groups in total. The molecule has 2 aliphatic rings. The Labute approximate surface area is 198 Å². The first kappa shape index (κ1) is 30.6. The quantitative estimate of drug-likeness (QED) is 0.575. The molecule has 8 nitrogen and oxygen atoms in total. The highest BCUT2D eigenvalue weighted by Gasteiger charge is 2.39. The zero-order chi connectivity index (χ0) is 26.8. The maximum absolute atomic E-state index is 10.6. The second-order valence-corrected chi connectivity index (χ2v) is 8.17. The zero-order valence-corrected chi connectivity index (χ0v) is 19.3. The van der Waals surface area contributed by atoms with Crippen molar-refractivity contribution in [1.82, 2.24) is 14.8 Å². The van der Waals surface area contributed by atoms with E-state index in [4.69, 9.17) is 24.5 Å². The smallest absolute Gasteiger partial charge is 0.475 e. The van der Waals surface area contributed by atoms with Gasteiger partial charge < -0.3 is 19.8 Å². The van der Waals surface area contributed by atoms with Crippen LogP contribution in [-0.4, -0.2) is 95.7 Å². The normalized spacial score (nSPS) is 20.7. The van der Waals surface area contributed by atoms with Crippen molar-refractivity contribution in [2.24, 2.45) is 11.8 Å². The summed E-state index contributed by atoms with van der Waals surface area (Å²) in [7, 11) is 1.79. The van der Waals surface area contributed by atoms with Crippen LogP contribution in [0.4, 0.5) is 26.3 Å². The molecule has 0 bridgehead atoms. The molecule has 1 aromatic rings. The fraction of sp³-hybridized carbons (Fsp3) is 0.667. The fourth-order valence-corrected chi connectivity index (χ4v) is 3.81. The van der Waals surface area contributed by atoms with Crippen LogP contribution in [-0.2, 0) is 20.9 Å². The first-order chi connectivity index (χ1) is 16.1. The average molecular weight is 517 g/mol. The van der Waals surface area contributed by atoms with Gasteiger partial charge in [-0.15, -0.1) is 0 Å². The van der Waals surface area contributed by atoms with Crippen molar-refractivity contribution in [3.05, 3.63) is 29.6 Å². The van der Waals surface area contributed by atoms with Gasteiger partial charge >= 0.3 is 24.3 Å². The minimum atomic E-state index is -5.08. The lowest BCUT2D eigenvalue weighted by Crippen LogP contribution is -2.41. The van der Waals surface area contributed by atoms with Crippen molar-refractivity contribution in [1.29, 1.82) is 0 Å². The molecular weight excluding hydrogens is 488 g/mol. The monoisotopic (exact) mass is 517 g/mol. The van der Waals surface area contributed by atoms with E-state index in [1.54, 1.807) is 7.11 Å². The number of alkyl halides is 6. The Morgan fingerprint density at radius 2 is 1.51 bits per heavy atom. The summed E-state index contributed by atoms with van der Waals surface area (Å²) in [6.07, 6.45) is -8.83. The van der Waals surface area contributed by atoms with Crippen LogP contribution in [0.25, 0.3) is 0 Å². The van der Waals surface area contributed by atoms with Gasteiger partial charge in [-0.25, -0.2) is 9.59 Å². The number of carbonyl (C=O) groups is 2. The third-order valence-corrected chi connectivity index (χ3v) is 5.39. The number of aliphatic carboxylic acids is 2. The second-order valence-electron chi connectivity index (χ2n) is 8.17. The number of aromatic nitrogens is 1. The molecule has 2 saturated heterocycles. The summed E-state index contributed by atoms with van der Waals surface area (Å²) in [6, 6.07) is 6.34. The van der Waals surface area contributed by atoms with Crippen molar-refractivity contribution in [2.45, 2.75) is 32.2 Å². The lowest BCUT2D eigenvalue weighted by atomic mass is 9.89. The third kappa shape index (κ3) is 11.7. The van der Waals surface area contributed by atoms with Gasteiger partial charge in [0.05, 0.1) is 12.3 Å². The van der Waals surface area contributed by atoms with Crippen molar-refractivity contribution in [2.75, 3.05) is 46.4 Å². The Morgan fingerprint density at radius 3 is 2.00 bits per heavy atom. The number of nitrogens with zero attached hydrogens (tertiary/aromatic N) is 3. The molecule has 0 unspecified atom stereocenters. The number of carboxylic acids is 2. The van der Waals surface area contributed by atoms with Crippen molar-refractivity contribution < 1.29 is 50.9 Å². The van der Waals surface area contributed by atoms with E-state index in [9.17, 15) is 26.3 Å². The van der Waals surface area contributed by atoms with Crippen LogP contribution in [0.1, 0.15) is 17.8 Å². The Balaban J connectivity index is 0.000000362. The van der Waals surface area contributed by atoms with Gasteiger partial charge in [-0.05, 0) is 43.9 Å². The van der Waals surface area contributed by atoms with Gasteiger partial charge in [-0.3, -0.25) is 9.88 Å². The van der Waals surface area contributed by atoms with Crippen LogP contribution in [0.2, 0.25) is 0 Å². The molecule has 200 valence electrons. The van der Waals surface area contributed by atoms with Crippen molar-refractivity contribution >= 4 is 11.9 Å². The van der Waals surface area contributed by atoms with E-state index < -0.39 is 24.3 Å². The van der Waals surface area contributed by atoms with Crippen LogP contribution in [0, 0.1) is 18.8 Å². The van der Waals surface area contributed by atoms with Gasteiger partial charge in [0.15, 0.2) is 0 Å². The van der Waals surface area contributed by atoms with Crippen molar-refractivity contribution in [3.8, 4) is 0 Å². The molecule has 35 heavy (non-hydrogen) atoms. The Bertz CT molecular complexity index is 797. The molecule has 2 aliphatic heterocycles. The molecule has 0 amide bonds. The highest BCUT2D eigenvalue weighted by molar-refractivity contribution is 5.73. The predicted octanol–water partition coefficient (Wildman–Crippen LogP) is 3.06. The molecule has 0 aromatic carbocycles. The highest BCUT2D eigenvalue weighted by Crippen LogP contribution is 2.31. The summed E-state index contributed by atoms with van der Waals surface area (Å²) >= 11 is 0. The Morgan fingerprint density at radius 1 is 1.00 bits per heavy atom. The van der Waals surface area contributed by atoms with Crippen LogP contribution < -0.4 is 0 Å². The average Bonchev–Trinajstić information content (AvgIpc) is 3.13.